The monoisotopic (exact) mass is 303 g/mol. The summed E-state index contributed by atoms with van der Waals surface area (Å²) >= 11 is 0. The molecular weight excluding hydrogens is 282 g/mol. The van der Waals surface area contributed by atoms with E-state index in [4.69, 9.17) is 4.42 Å². The quantitative estimate of drug-likeness (QED) is 0.810. The summed E-state index contributed by atoms with van der Waals surface area (Å²) in [5.41, 5.74) is 1.28. The molecule has 0 radical (unpaired) electrons. The molecule has 0 aromatic carbocycles. The fourth-order valence-corrected chi connectivity index (χ4v) is 3.12. The maximum Gasteiger partial charge on any atom is 0.373 e. The van der Waals surface area contributed by atoms with Gasteiger partial charge in [-0.3, -0.25) is 9.58 Å². The van der Waals surface area contributed by atoms with Crippen LogP contribution in [-0.2, 0) is 18.3 Å². The molecule has 0 saturated carbocycles. The maximum atomic E-state index is 11.4. The summed E-state index contributed by atoms with van der Waals surface area (Å²) in [5, 5.41) is 4.26. The summed E-state index contributed by atoms with van der Waals surface area (Å²) in [4.78, 5) is 13.8. The molecule has 0 spiro atoms. The van der Waals surface area contributed by atoms with Crippen LogP contribution in [0.2, 0.25) is 0 Å². The average molecular weight is 303 g/mol. The number of esters is 1. The van der Waals surface area contributed by atoms with Crippen molar-refractivity contribution in [3.8, 4) is 0 Å². The number of piperidine rings is 1. The summed E-state index contributed by atoms with van der Waals surface area (Å²) in [7, 11) is 3.34. The van der Waals surface area contributed by atoms with E-state index in [1.807, 2.05) is 24.0 Å². The lowest BCUT2D eigenvalue weighted by Crippen LogP contribution is -2.34. The van der Waals surface area contributed by atoms with Crippen molar-refractivity contribution in [2.45, 2.75) is 25.3 Å². The zero-order valence-electron chi connectivity index (χ0n) is 13.0. The predicted octanol–water partition coefficient (Wildman–Crippen LogP) is 2.18. The molecule has 118 valence electrons. The largest absolute Gasteiger partial charge is 0.463 e. The number of likely N-dealkylation sites (tertiary alicyclic amines) is 1. The van der Waals surface area contributed by atoms with E-state index in [2.05, 4.69) is 20.8 Å². The van der Waals surface area contributed by atoms with Crippen molar-refractivity contribution in [2.24, 2.45) is 7.05 Å². The topological polar surface area (TPSA) is 60.5 Å². The molecular formula is C16H21N3O3. The highest BCUT2D eigenvalue weighted by Gasteiger charge is 2.24. The number of rotatable bonds is 4. The lowest BCUT2D eigenvalue weighted by atomic mass is 9.94. The van der Waals surface area contributed by atoms with Crippen LogP contribution in [0.3, 0.4) is 0 Å². The van der Waals surface area contributed by atoms with Gasteiger partial charge in [-0.2, -0.15) is 5.10 Å². The van der Waals surface area contributed by atoms with Crippen molar-refractivity contribution in [1.82, 2.24) is 14.7 Å². The Morgan fingerprint density at radius 1 is 1.45 bits per heavy atom. The van der Waals surface area contributed by atoms with Crippen LogP contribution >= 0.6 is 0 Å². The normalized spacial score (nSPS) is 19.3. The molecule has 0 N–H and O–H groups in total. The molecule has 1 saturated heterocycles. The lowest BCUT2D eigenvalue weighted by Gasteiger charge is -2.32. The number of carbonyl (C=O) groups excluding carboxylic acids is 1. The van der Waals surface area contributed by atoms with Crippen molar-refractivity contribution in [3.63, 3.8) is 0 Å². The molecule has 0 aliphatic carbocycles. The third-order valence-corrected chi connectivity index (χ3v) is 4.21. The van der Waals surface area contributed by atoms with Crippen molar-refractivity contribution in [1.29, 1.82) is 0 Å². The molecule has 22 heavy (non-hydrogen) atoms. The number of ether oxygens (including phenoxy) is 1. The van der Waals surface area contributed by atoms with Crippen LogP contribution in [-0.4, -0.2) is 40.8 Å². The van der Waals surface area contributed by atoms with Gasteiger partial charge in [-0.05, 0) is 37.6 Å². The highest BCUT2D eigenvalue weighted by Crippen LogP contribution is 2.27. The molecule has 0 amide bonds. The Labute approximate surface area is 129 Å². The summed E-state index contributed by atoms with van der Waals surface area (Å²) < 4.78 is 12.2. The standard InChI is InChI=1S/C16H21N3O3/c1-18-14(7-8-17-18)12-4-3-9-19(10-12)11-13-5-6-15(22-13)16(20)21-2/h5-8,12H,3-4,9-11H2,1-2H3/t12-/m1/s1. The van der Waals surface area contributed by atoms with E-state index < -0.39 is 5.97 Å². The number of hydrogen-bond acceptors (Lipinski definition) is 5. The molecule has 2 aromatic heterocycles. The van der Waals surface area contributed by atoms with Gasteiger partial charge in [-0.15, -0.1) is 0 Å². The Kier molecular flexibility index (Phi) is 4.29. The third-order valence-electron chi connectivity index (χ3n) is 4.21. The van der Waals surface area contributed by atoms with Crippen LogP contribution in [0.1, 0.15) is 40.8 Å². The number of methoxy groups -OCH3 is 1. The van der Waals surface area contributed by atoms with Crippen molar-refractivity contribution in [2.75, 3.05) is 20.2 Å². The van der Waals surface area contributed by atoms with E-state index in [1.165, 1.54) is 19.2 Å². The minimum absolute atomic E-state index is 0.262. The number of nitrogens with zero attached hydrogens (tertiary/aromatic N) is 3. The molecule has 6 nitrogen and oxygen atoms in total. The van der Waals surface area contributed by atoms with Gasteiger partial charge in [0.15, 0.2) is 0 Å². The Morgan fingerprint density at radius 2 is 2.32 bits per heavy atom. The van der Waals surface area contributed by atoms with Gasteiger partial charge >= 0.3 is 5.97 Å². The van der Waals surface area contributed by atoms with Crippen molar-refractivity contribution in [3.05, 3.63) is 41.6 Å². The summed E-state index contributed by atoms with van der Waals surface area (Å²) in [6.07, 6.45) is 4.19. The highest BCUT2D eigenvalue weighted by molar-refractivity contribution is 5.86. The lowest BCUT2D eigenvalue weighted by molar-refractivity contribution is 0.0560. The van der Waals surface area contributed by atoms with Gasteiger partial charge in [-0.1, -0.05) is 0 Å². The highest BCUT2D eigenvalue weighted by atomic mass is 16.5. The van der Waals surface area contributed by atoms with Gasteiger partial charge in [0.2, 0.25) is 5.76 Å². The Balaban J connectivity index is 1.64. The van der Waals surface area contributed by atoms with Gasteiger partial charge in [0, 0.05) is 31.4 Å². The van der Waals surface area contributed by atoms with E-state index in [1.54, 1.807) is 6.07 Å². The fourth-order valence-electron chi connectivity index (χ4n) is 3.12. The number of carbonyl (C=O) groups is 1. The van der Waals surface area contributed by atoms with E-state index in [9.17, 15) is 4.79 Å². The van der Waals surface area contributed by atoms with Crippen LogP contribution in [0.5, 0.6) is 0 Å². The summed E-state index contributed by atoms with van der Waals surface area (Å²) in [5.74, 6) is 1.12. The fraction of sp³-hybridized carbons (Fsp3) is 0.500. The first-order chi connectivity index (χ1) is 10.7. The van der Waals surface area contributed by atoms with E-state index in [0.29, 0.717) is 12.5 Å². The molecule has 0 unspecified atom stereocenters. The van der Waals surface area contributed by atoms with Gasteiger partial charge in [0.05, 0.1) is 13.7 Å². The van der Waals surface area contributed by atoms with Crippen LogP contribution < -0.4 is 0 Å². The Hall–Kier alpha value is -2.08. The zero-order valence-corrected chi connectivity index (χ0v) is 13.0. The van der Waals surface area contributed by atoms with Crippen molar-refractivity contribution < 1.29 is 13.9 Å². The molecule has 6 heteroatoms. The third kappa shape index (κ3) is 3.06. The molecule has 1 aliphatic rings. The average Bonchev–Trinajstić information content (AvgIpc) is 3.16. The smallest absolute Gasteiger partial charge is 0.373 e. The van der Waals surface area contributed by atoms with Crippen LogP contribution in [0.25, 0.3) is 0 Å². The van der Waals surface area contributed by atoms with Crippen LogP contribution in [0.15, 0.2) is 28.8 Å². The van der Waals surface area contributed by atoms with Gasteiger partial charge in [0.1, 0.15) is 5.76 Å². The SMILES string of the molecule is COC(=O)c1ccc(CN2CCC[C@@H](c3ccnn3C)C2)o1. The van der Waals surface area contributed by atoms with Crippen molar-refractivity contribution >= 4 is 5.97 Å². The van der Waals surface area contributed by atoms with Crippen LogP contribution in [0.4, 0.5) is 0 Å². The van der Waals surface area contributed by atoms with E-state index in [-0.39, 0.29) is 5.76 Å². The first kappa shape index (κ1) is 14.8. The maximum absolute atomic E-state index is 11.4. The zero-order chi connectivity index (χ0) is 15.5. The molecule has 3 heterocycles. The molecule has 1 atom stereocenters. The molecule has 1 aliphatic heterocycles. The van der Waals surface area contributed by atoms with E-state index in [0.717, 1.165) is 25.3 Å². The number of furan rings is 1. The van der Waals surface area contributed by atoms with Gasteiger partial charge in [0.25, 0.3) is 0 Å². The number of hydrogen-bond donors (Lipinski definition) is 0. The first-order valence-corrected chi connectivity index (χ1v) is 7.54. The Bertz CT molecular complexity index is 647. The van der Waals surface area contributed by atoms with Gasteiger partial charge < -0.3 is 9.15 Å². The molecule has 3 rings (SSSR count). The second-order valence-electron chi connectivity index (χ2n) is 5.71. The summed E-state index contributed by atoms with van der Waals surface area (Å²) in [6, 6.07) is 5.61. The molecule has 2 aromatic rings. The minimum Gasteiger partial charge on any atom is -0.463 e. The Morgan fingerprint density at radius 3 is 3.05 bits per heavy atom. The molecule has 0 bridgehead atoms. The molecule has 1 fully saturated rings. The number of aryl methyl sites for hydroxylation is 1. The summed E-state index contributed by atoms with van der Waals surface area (Å²) in [6.45, 7) is 2.74. The minimum atomic E-state index is -0.433. The van der Waals surface area contributed by atoms with E-state index >= 15 is 0 Å². The number of aromatic nitrogens is 2. The predicted molar refractivity (Wildman–Crippen MR) is 80.5 cm³/mol. The second kappa shape index (κ2) is 6.36. The van der Waals surface area contributed by atoms with Crippen LogP contribution in [0, 0.1) is 0 Å². The first-order valence-electron chi connectivity index (χ1n) is 7.54. The van der Waals surface area contributed by atoms with Gasteiger partial charge in [-0.25, -0.2) is 4.79 Å². The second-order valence-corrected chi connectivity index (χ2v) is 5.71.